The standard InChI is InChI=1S/C17H25N3O2/c1-13(2)19-9-10-20(15(12-19)17(22)18-3)16(21)11-14-7-5-4-6-8-14/h4-8,13,15H,9-12H2,1-3H3,(H,18,22). The fraction of sp³-hybridized carbons (Fsp3) is 0.529. The molecule has 0 bridgehead atoms. The highest BCUT2D eigenvalue weighted by Crippen LogP contribution is 2.15. The van der Waals surface area contributed by atoms with Crippen LogP contribution in [-0.4, -0.2) is 60.4 Å². The summed E-state index contributed by atoms with van der Waals surface area (Å²) in [6.07, 6.45) is 0.343. The van der Waals surface area contributed by atoms with Crippen molar-refractivity contribution in [2.45, 2.75) is 32.4 Å². The summed E-state index contributed by atoms with van der Waals surface area (Å²) < 4.78 is 0. The Morgan fingerprint density at radius 1 is 1.23 bits per heavy atom. The molecule has 0 radical (unpaired) electrons. The molecule has 1 unspecified atom stereocenters. The van der Waals surface area contributed by atoms with E-state index < -0.39 is 6.04 Å². The van der Waals surface area contributed by atoms with Crippen LogP contribution in [0.2, 0.25) is 0 Å². The van der Waals surface area contributed by atoms with E-state index in [1.807, 2.05) is 30.3 Å². The first kappa shape index (κ1) is 16.5. The number of hydrogen-bond donors (Lipinski definition) is 1. The van der Waals surface area contributed by atoms with Crippen LogP contribution >= 0.6 is 0 Å². The van der Waals surface area contributed by atoms with Gasteiger partial charge in [-0.05, 0) is 19.4 Å². The highest BCUT2D eigenvalue weighted by Gasteiger charge is 2.35. The number of rotatable bonds is 4. The molecule has 1 aromatic carbocycles. The van der Waals surface area contributed by atoms with Gasteiger partial charge >= 0.3 is 0 Å². The number of nitrogens with one attached hydrogen (secondary N) is 1. The molecule has 0 aromatic heterocycles. The molecule has 1 fully saturated rings. The molecule has 1 saturated heterocycles. The Labute approximate surface area is 132 Å². The second-order valence-corrected chi connectivity index (χ2v) is 5.97. The van der Waals surface area contributed by atoms with E-state index in [0.717, 1.165) is 12.1 Å². The molecule has 1 aliphatic rings. The third-order valence-corrected chi connectivity index (χ3v) is 4.21. The fourth-order valence-corrected chi connectivity index (χ4v) is 2.83. The third kappa shape index (κ3) is 3.85. The minimum atomic E-state index is -0.405. The fourth-order valence-electron chi connectivity index (χ4n) is 2.83. The number of likely N-dealkylation sites (N-methyl/N-ethyl adjacent to an activating group) is 1. The summed E-state index contributed by atoms with van der Waals surface area (Å²) in [5.41, 5.74) is 0.981. The first-order chi connectivity index (χ1) is 10.5. The molecule has 22 heavy (non-hydrogen) atoms. The number of piperazine rings is 1. The lowest BCUT2D eigenvalue weighted by Crippen LogP contribution is -2.61. The Morgan fingerprint density at radius 3 is 2.50 bits per heavy atom. The summed E-state index contributed by atoms with van der Waals surface area (Å²) in [5.74, 6) is -0.0741. The predicted molar refractivity (Wildman–Crippen MR) is 86.4 cm³/mol. The summed E-state index contributed by atoms with van der Waals surface area (Å²) in [5, 5.41) is 2.68. The lowest BCUT2D eigenvalue weighted by atomic mass is 10.1. The van der Waals surface area contributed by atoms with Gasteiger partial charge in [-0.1, -0.05) is 30.3 Å². The van der Waals surface area contributed by atoms with Crippen LogP contribution in [0.1, 0.15) is 19.4 Å². The molecular weight excluding hydrogens is 278 g/mol. The molecule has 0 spiro atoms. The Kier molecular flexibility index (Phi) is 5.55. The Balaban J connectivity index is 2.10. The minimum Gasteiger partial charge on any atom is -0.357 e. The number of carbonyl (C=O) groups excluding carboxylic acids is 2. The lowest BCUT2D eigenvalue weighted by Gasteiger charge is -2.42. The predicted octanol–water partition coefficient (Wildman–Crippen LogP) is 0.896. The third-order valence-electron chi connectivity index (χ3n) is 4.21. The SMILES string of the molecule is CNC(=O)C1CN(C(C)C)CCN1C(=O)Cc1ccccc1. The van der Waals surface area contributed by atoms with E-state index in [9.17, 15) is 9.59 Å². The van der Waals surface area contributed by atoms with Crippen molar-refractivity contribution in [3.8, 4) is 0 Å². The van der Waals surface area contributed by atoms with Crippen molar-refractivity contribution in [2.75, 3.05) is 26.7 Å². The van der Waals surface area contributed by atoms with Crippen LogP contribution < -0.4 is 5.32 Å². The first-order valence-corrected chi connectivity index (χ1v) is 7.82. The zero-order valence-corrected chi connectivity index (χ0v) is 13.6. The van der Waals surface area contributed by atoms with Gasteiger partial charge < -0.3 is 10.2 Å². The van der Waals surface area contributed by atoms with Gasteiger partial charge in [-0.2, -0.15) is 0 Å². The molecule has 5 nitrogen and oxygen atoms in total. The van der Waals surface area contributed by atoms with Crippen LogP contribution in [0.25, 0.3) is 0 Å². The van der Waals surface area contributed by atoms with E-state index in [1.54, 1.807) is 11.9 Å². The van der Waals surface area contributed by atoms with Crippen molar-refractivity contribution in [1.29, 1.82) is 0 Å². The summed E-state index contributed by atoms with van der Waals surface area (Å²) >= 11 is 0. The van der Waals surface area contributed by atoms with Crippen LogP contribution in [0.15, 0.2) is 30.3 Å². The van der Waals surface area contributed by atoms with Gasteiger partial charge in [0.1, 0.15) is 6.04 Å². The van der Waals surface area contributed by atoms with Gasteiger partial charge in [0.05, 0.1) is 6.42 Å². The highest BCUT2D eigenvalue weighted by molar-refractivity contribution is 5.88. The van der Waals surface area contributed by atoms with Gasteiger partial charge in [0.25, 0.3) is 0 Å². The molecule has 1 N–H and O–H groups in total. The second-order valence-electron chi connectivity index (χ2n) is 5.97. The number of carbonyl (C=O) groups is 2. The van der Waals surface area contributed by atoms with Crippen LogP contribution in [0, 0.1) is 0 Å². The molecular formula is C17H25N3O2. The number of amides is 2. The van der Waals surface area contributed by atoms with Gasteiger partial charge in [0, 0.05) is 32.7 Å². The van der Waals surface area contributed by atoms with E-state index in [4.69, 9.17) is 0 Å². The lowest BCUT2D eigenvalue weighted by molar-refractivity contribution is -0.143. The smallest absolute Gasteiger partial charge is 0.243 e. The Hall–Kier alpha value is -1.88. The molecule has 0 saturated carbocycles. The minimum absolute atomic E-state index is 0.0169. The number of benzene rings is 1. The van der Waals surface area contributed by atoms with Crippen molar-refractivity contribution >= 4 is 11.8 Å². The quantitative estimate of drug-likeness (QED) is 0.899. The molecule has 1 heterocycles. The van der Waals surface area contributed by atoms with Crippen LogP contribution in [0.5, 0.6) is 0 Å². The maximum atomic E-state index is 12.6. The zero-order chi connectivity index (χ0) is 16.1. The highest BCUT2D eigenvalue weighted by atomic mass is 16.2. The van der Waals surface area contributed by atoms with Crippen molar-refractivity contribution < 1.29 is 9.59 Å². The molecule has 1 atom stereocenters. The Bertz CT molecular complexity index is 516. The normalized spacial score (nSPS) is 19.3. The molecule has 2 amide bonds. The first-order valence-electron chi connectivity index (χ1n) is 7.82. The van der Waals surface area contributed by atoms with E-state index in [1.165, 1.54) is 0 Å². The summed E-state index contributed by atoms with van der Waals surface area (Å²) in [7, 11) is 1.62. The van der Waals surface area contributed by atoms with Crippen molar-refractivity contribution in [3.05, 3.63) is 35.9 Å². The van der Waals surface area contributed by atoms with Crippen molar-refractivity contribution in [2.24, 2.45) is 0 Å². The molecule has 1 aromatic rings. The van der Waals surface area contributed by atoms with Crippen molar-refractivity contribution in [1.82, 2.24) is 15.1 Å². The van der Waals surface area contributed by atoms with Gasteiger partial charge in [-0.25, -0.2) is 0 Å². The molecule has 1 aliphatic heterocycles. The maximum Gasteiger partial charge on any atom is 0.243 e. The van der Waals surface area contributed by atoms with Gasteiger partial charge in [0.2, 0.25) is 11.8 Å². The molecule has 0 aliphatic carbocycles. The number of hydrogen-bond acceptors (Lipinski definition) is 3. The monoisotopic (exact) mass is 303 g/mol. The molecule has 120 valence electrons. The van der Waals surface area contributed by atoms with Crippen LogP contribution in [0.4, 0.5) is 0 Å². The average Bonchev–Trinajstić information content (AvgIpc) is 2.54. The van der Waals surface area contributed by atoms with Gasteiger partial charge in [0.15, 0.2) is 0 Å². The summed E-state index contributed by atoms with van der Waals surface area (Å²) in [6, 6.07) is 9.64. The van der Waals surface area contributed by atoms with E-state index >= 15 is 0 Å². The van der Waals surface area contributed by atoms with E-state index in [-0.39, 0.29) is 11.8 Å². The topological polar surface area (TPSA) is 52.7 Å². The van der Waals surface area contributed by atoms with Crippen LogP contribution in [0.3, 0.4) is 0 Å². The zero-order valence-electron chi connectivity index (χ0n) is 13.6. The van der Waals surface area contributed by atoms with E-state index in [2.05, 4.69) is 24.1 Å². The Morgan fingerprint density at radius 2 is 1.91 bits per heavy atom. The van der Waals surface area contributed by atoms with Gasteiger partial charge in [-0.15, -0.1) is 0 Å². The average molecular weight is 303 g/mol. The molecule has 2 rings (SSSR count). The maximum absolute atomic E-state index is 12.6. The summed E-state index contributed by atoms with van der Waals surface area (Å²) in [6.45, 7) is 6.23. The largest absolute Gasteiger partial charge is 0.357 e. The van der Waals surface area contributed by atoms with E-state index in [0.29, 0.717) is 25.6 Å². The molecule has 5 heteroatoms. The van der Waals surface area contributed by atoms with Crippen LogP contribution in [-0.2, 0) is 16.0 Å². The van der Waals surface area contributed by atoms with Crippen molar-refractivity contribution in [3.63, 3.8) is 0 Å². The summed E-state index contributed by atoms with van der Waals surface area (Å²) in [4.78, 5) is 28.7. The second kappa shape index (κ2) is 7.40. The van der Waals surface area contributed by atoms with Gasteiger partial charge in [-0.3, -0.25) is 14.5 Å². The number of nitrogens with zero attached hydrogens (tertiary/aromatic N) is 2.